The first kappa shape index (κ1) is 10.9. The van der Waals surface area contributed by atoms with Gasteiger partial charge in [0.2, 0.25) is 0 Å². The molecule has 2 aromatic rings. The number of hydrogen-bond acceptors (Lipinski definition) is 3. The monoisotopic (exact) mass is 233 g/mol. The summed E-state index contributed by atoms with van der Waals surface area (Å²) in [7, 11) is 2.34. The molecule has 82 valence electrons. The first-order valence-electron chi connectivity index (χ1n) is 4.85. The molecular weight excluding hydrogens is 221 g/mol. The zero-order chi connectivity index (χ0) is 11.2. The van der Waals surface area contributed by atoms with E-state index >= 15 is 0 Å². The van der Waals surface area contributed by atoms with Crippen LogP contribution in [0.3, 0.4) is 0 Å². The van der Waals surface area contributed by atoms with Gasteiger partial charge in [-0.25, -0.2) is 0 Å². The minimum Gasteiger partial charge on any atom is -0.368 e. The van der Waals surface area contributed by atoms with Gasteiger partial charge < -0.3 is 9.68 Å². The lowest BCUT2D eigenvalue weighted by Gasteiger charge is -2.16. The Balaban J connectivity index is 1.92. The van der Waals surface area contributed by atoms with Crippen LogP contribution in [-0.4, -0.2) is 5.00 Å². The fraction of sp³-hybridized carbons (Fsp3) is 0. The van der Waals surface area contributed by atoms with Crippen LogP contribution in [0.5, 0.6) is 11.5 Å². The highest BCUT2D eigenvalue weighted by Crippen LogP contribution is 2.16. The molecule has 1 atom stereocenters. The summed E-state index contributed by atoms with van der Waals surface area (Å²) in [6.07, 6.45) is 0. The minimum absolute atomic E-state index is 0.716. The van der Waals surface area contributed by atoms with Crippen LogP contribution in [0.4, 0.5) is 0 Å². The van der Waals surface area contributed by atoms with Gasteiger partial charge in [0, 0.05) is 14.4 Å². The van der Waals surface area contributed by atoms with Gasteiger partial charge >= 0.3 is 0 Å². The van der Waals surface area contributed by atoms with E-state index in [1.807, 2.05) is 60.7 Å². The Hall–Kier alpha value is -1.57. The number of nitrogens with zero attached hydrogens (tertiary/aromatic N) is 1. The van der Waals surface area contributed by atoms with Crippen molar-refractivity contribution < 1.29 is 9.68 Å². The van der Waals surface area contributed by atoms with Crippen molar-refractivity contribution in [1.82, 2.24) is 5.00 Å². The number of para-hydroxylation sites is 2. The normalized spacial score (nSPS) is 10.1. The first-order chi connectivity index (χ1) is 7.84. The Morgan fingerprint density at radius 3 is 1.44 bits per heavy atom. The molecule has 0 heterocycles. The fourth-order valence-corrected chi connectivity index (χ4v) is 1.43. The average Bonchev–Trinajstić information content (AvgIpc) is 2.31. The average molecular weight is 233 g/mol. The Bertz CT molecular complexity index is 380. The SMILES string of the molecule is PN(Oc1ccccc1)Oc1ccccc1. The Labute approximate surface area is 96.8 Å². The molecule has 0 fully saturated rings. The molecule has 0 bridgehead atoms. The molecule has 0 aromatic heterocycles. The summed E-state index contributed by atoms with van der Waals surface area (Å²) in [4.78, 5) is 12.0. The minimum atomic E-state index is 0.716. The molecule has 0 aliphatic rings. The molecule has 0 saturated carbocycles. The van der Waals surface area contributed by atoms with Crippen LogP contribution >= 0.6 is 9.39 Å². The van der Waals surface area contributed by atoms with Crippen molar-refractivity contribution in [2.75, 3.05) is 0 Å². The number of benzene rings is 2. The summed E-state index contributed by atoms with van der Waals surface area (Å²) in [6, 6.07) is 18.9. The predicted octanol–water partition coefficient (Wildman–Crippen LogP) is 3.07. The van der Waals surface area contributed by atoms with E-state index in [1.54, 1.807) is 0 Å². The summed E-state index contributed by atoms with van der Waals surface area (Å²) in [5, 5.41) is 0. The van der Waals surface area contributed by atoms with Crippen molar-refractivity contribution >= 4 is 9.39 Å². The van der Waals surface area contributed by atoms with Crippen molar-refractivity contribution in [1.29, 1.82) is 0 Å². The largest absolute Gasteiger partial charge is 0.368 e. The molecule has 2 aromatic carbocycles. The smallest absolute Gasteiger partial charge is 0.151 e. The lowest BCUT2D eigenvalue weighted by molar-refractivity contribution is -0.166. The summed E-state index contributed by atoms with van der Waals surface area (Å²) in [5.74, 6) is 1.43. The van der Waals surface area contributed by atoms with Crippen molar-refractivity contribution in [2.45, 2.75) is 0 Å². The molecular formula is C12H12NO2P. The molecule has 4 heteroatoms. The highest BCUT2D eigenvalue weighted by molar-refractivity contribution is 7.12. The molecule has 16 heavy (non-hydrogen) atoms. The predicted molar refractivity (Wildman–Crippen MR) is 65.7 cm³/mol. The van der Waals surface area contributed by atoms with E-state index in [0.29, 0.717) is 11.5 Å². The molecule has 1 unspecified atom stereocenters. The van der Waals surface area contributed by atoms with Gasteiger partial charge in [-0.2, -0.15) is 0 Å². The van der Waals surface area contributed by atoms with Crippen LogP contribution in [0.15, 0.2) is 60.7 Å². The molecule has 2 rings (SSSR count). The third-order valence-electron chi connectivity index (χ3n) is 1.88. The van der Waals surface area contributed by atoms with E-state index in [-0.39, 0.29) is 0 Å². The Morgan fingerprint density at radius 1 is 0.688 bits per heavy atom. The van der Waals surface area contributed by atoms with Gasteiger partial charge in [0.15, 0.2) is 11.5 Å². The first-order valence-corrected chi connectivity index (χ1v) is 5.37. The molecule has 0 spiro atoms. The quantitative estimate of drug-likeness (QED) is 0.598. The van der Waals surface area contributed by atoms with Crippen LogP contribution in [0.1, 0.15) is 0 Å². The van der Waals surface area contributed by atoms with Gasteiger partial charge in [-0.1, -0.05) is 36.4 Å². The van der Waals surface area contributed by atoms with E-state index in [2.05, 4.69) is 9.39 Å². The van der Waals surface area contributed by atoms with Gasteiger partial charge in [-0.15, -0.1) is 0 Å². The van der Waals surface area contributed by atoms with Crippen LogP contribution in [-0.2, 0) is 0 Å². The molecule has 3 nitrogen and oxygen atoms in total. The highest BCUT2D eigenvalue weighted by atomic mass is 31.0. The van der Waals surface area contributed by atoms with E-state index in [1.165, 1.54) is 5.00 Å². The van der Waals surface area contributed by atoms with E-state index < -0.39 is 0 Å². The zero-order valence-corrected chi connectivity index (χ0v) is 9.77. The molecule has 0 aliphatic carbocycles. The summed E-state index contributed by atoms with van der Waals surface area (Å²) in [5.41, 5.74) is 0. The third-order valence-corrected chi connectivity index (χ3v) is 2.09. The third kappa shape index (κ3) is 3.23. The van der Waals surface area contributed by atoms with E-state index in [0.717, 1.165) is 0 Å². The maximum Gasteiger partial charge on any atom is 0.151 e. The summed E-state index contributed by atoms with van der Waals surface area (Å²) < 4.78 is 0. The van der Waals surface area contributed by atoms with Crippen LogP contribution < -0.4 is 9.68 Å². The standard InChI is InChI=1S/C12H12NO2P/c16-13(14-11-7-3-1-4-8-11)15-12-9-5-2-6-10-12/h1-10H,16H2. The Morgan fingerprint density at radius 2 is 1.06 bits per heavy atom. The van der Waals surface area contributed by atoms with Crippen molar-refractivity contribution in [3.8, 4) is 11.5 Å². The maximum absolute atomic E-state index is 5.39. The van der Waals surface area contributed by atoms with E-state index in [9.17, 15) is 0 Å². The number of hydrogen-bond donors (Lipinski definition) is 0. The van der Waals surface area contributed by atoms with E-state index in [4.69, 9.17) is 9.68 Å². The van der Waals surface area contributed by atoms with Gasteiger partial charge in [-0.05, 0) is 24.3 Å². The lowest BCUT2D eigenvalue weighted by Crippen LogP contribution is -2.19. The van der Waals surface area contributed by atoms with Crippen molar-refractivity contribution in [3.05, 3.63) is 60.7 Å². The van der Waals surface area contributed by atoms with Gasteiger partial charge in [0.05, 0.1) is 0 Å². The van der Waals surface area contributed by atoms with Crippen LogP contribution in [0, 0.1) is 0 Å². The van der Waals surface area contributed by atoms with Crippen molar-refractivity contribution in [3.63, 3.8) is 0 Å². The van der Waals surface area contributed by atoms with Crippen molar-refractivity contribution in [2.24, 2.45) is 0 Å². The topological polar surface area (TPSA) is 21.7 Å². The van der Waals surface area contributed by atoms with Gasteiger partial charge in [-0.3, -0.25) is 0 Å². The van der Waals surface area contributed by atoms with Crippen LogP contribution in [0.2, 0.25) is 0 Å². The Kier molecular flexibility index (Phi) is 3.76. The fourth-order valence-electron chi connectivity index (χ4n) is 1.19. The molecule has 0 N–H and O–H groups in total. The second-order valence-corrected chi connectivity index (χ2v) is 3.52. The lowest BCUT2D eigenvalue weighted by atomic mass is 10.3. The second kappa shape index (κ2) is 5.50. The van der Waals surface area contributed by atoms with Gasteiger partial charge in [0.25, 0.3) is 0 Å². The summed E-state index contributed by atoms with van der Waals surface area (Å²) in [6.45, 7) is 0. The molecule has 0 amide bonds. The molecule has 0 radical (unpaired) electrons. The van der Waals surface area contributed by atoms with Gasteiger partial charge in [0.1, 0.15) is 0 Å². The van der Waals surface area contributed by atoms with Crippen LogP contribution in [0.25, 0.3) is 0 Å². The summed E-state index contributed by atoms with van der Waals surface area (Å²) >= 11 is 0. The molecule has 0 saturated heterocycles. The maximum atomic E-state index is 5.39. The number of rotatable bonds is 4. The zero-order valence-electron chi connectivity index (χ0n) is 8.61. The highest BCUT2D eigenvalue weighted by Gasteiger charge is 2.01. The second-order valence-electron chi connectivity index (χ2n) is 3.09. The molecule has 0 aliphatic heterocycles.